The highest BCUT2D eigenvalue weighted by molar-refractivity contribution is 7.89. The monoisotopic (exact) mass is 324 g/mol. The van der Waals surface area contributed by atoms with Crippen LogP contribution in [0.3, 0.4) is 0 Å². The molecule has 0 fully saturated rings. The molecule has 0 saturated carbocycles. The van der Waals surface area contributed by atoms with Gasteiger partial charge >= 0.3 is 0 Å². The second-order valence-corrected chi connectivity index (χ2v) is 8.20. The molecule has 6 heteroatoms. The van der Waals surface area contributed by atoms with E-state index in [1.165, 1.54) is 4.31 Å². The zero-order chi connectivity index (χ0) is 15.8. The van der Waals surface area contributed by atoms with Gasteiger partial charge in [-0.05, 0) is 55.0 Å². The summed E-state index contributed by atoms with van der Waals surface area (Å²) in [5.41, 5.74) is 8.81. The van der Waals surface area contributed by atoms with E-state index in [0.717, 1.165) is 16.0 Å². The van der Waals surface area contributed by atoms with Gasteiger partial charge in [0.15, 0.2) is 0 Å². The highest BCUT2D eigenvalue weighted by atomic mass is 32.2. The number of rotatable bonds is 4. The van der Waals surface area contributed by atoms with E-state index in [4.69, 9.17) is 5.73 Å². The molecule has 0 unspecified atom stereocenters. The molecule has 1 aromatic heterocycles. The molecule has 2 aromatic rings. The maximum atomic E-state index is 12.8. The Labute approximate surface area is 130 Å². The molecule has 21 heavy (non-hydrogen) atoms. The minimum absolute atomic E-state index is 0.319. The fourth-order valence-corrected chi connectivity index (χ4v) is 4.88. The van der Waals surface area contributed by atoms with Gasteiger partial charge in [-0.2, -0.15) is 4.31 Å². The van der Waals surface area contributed by atoms with Crippen molar-refractivity contribution in [2.45, 2.75) is 32.2 Å². The third-order valence-electron chi connectivity index (χ3n) is 3.65. The number of anilines is 1. The molecular formula is C15H20N2O2S2. The van der Waals surface area contributed by atoms with Crippen LogP contribution in [0.2, 0.25) is 0 Å². The molecule has 114 valence electrons. The molecule has 0 aliphatic carbocycles. The third-order valence-corrected chi connectivity index (χ3v) is 6.75. The van der Waals surface area contributed by atoms with Crippen LogP contribution >= 0.6 is 11.3 Å². The van der Waals surface area contributed by atoms with Crippen molar-refractivity contribution < 1.29 is 8.42 Å². The SMILES string of the molecule is Cc1ccsc1CN(C)S(=O)(=O)c1c(C)ccc(N)c1C. The topological polar surface area (TPSA) is 63.4 Å². The largest absolute Gasteiger partial charge is 0.398 e. The molecule has 2 rings (SSSR count). The fourth-order valence-electron chi connectivity index (χ4n) is 2.25. The zero-order valence-electron chi connectivity index (χ0n) is 12.7. The van der Waals surface area contributed by atoms with Crippen LogP contribution in [0.5, 0.6) is 0 Å². The highest BCUT2D eigenvalue weighted by Gasteiger charge is 2.26. The smallest absolute Gasteiger partial charge is 0.243 e. The predicted molar refractivity (Wildman–Crippen MR) is 88.0 cm³/mol. The molecule has 0 amide bonds. The van der Waals surface area contributed by atoms with Crippen molar-refractivity contribution >= 4 is 27.0 Å². The van der Waals surface area contributed by atoms with Crippen LogP contribution in [0.25, 0.3) is 0 Å². The van der Waals surface area contributed by atoms with E-state index in [-0.39, 0.29) is 0 Å². The first-order chi connectivity index (χ1) is 9.75. The third kappa shape index (κ3) is 2.97. The number of sulfonamides is 1. The molecule has 0 aliphatic rings. The summed E-state index contributed by atoms with van der Waals surface area (Å²) in [6.45, 7) is 5.91. The van der Waals surface area contributed by atoms with Crippen molar-refractivity contribution in [1.82, 2.24) is 4.31 Å². The summed E-state index contributed by atoms with van der Waals surface area (Å²) < 4.78 is 27.1. The van der Waals surface area contributed by atoms with E-state index in [2.05, 4.69) is 0 Å². The van der Waals surface area contributed by atoms with Crippen LogP contribution in [-0.4, -0.2) is 19.8 Å². The molecule has 0 radical (unpaired) electrons. The van der Waals surface area contributed by atoms with Crippen LogP contribution in [-0.2, 0) is 16.6 Å². The van der Waals surface area contributed by atoms with Gasteiger partial charge in [0.25, 0.3) is 0 Å². The molecule has 2 N–H and O–H groups in total. The molecule has 1 aromatic carbocycles. The first kappa shape index (κ1) is 16.0. The minimum atomic E-state index is -3.56. The maximum absolute atomic E-state index is 12.8. The van der Waals surface area contributed by atoms with Crippen molar-refractivity contribution in [3.8, 4) is 0 Å². The van der Waals surface area contributed by atoms with Crippen LogP contribution in [0.15, 0.2) is 28.5 Å². The molecular weight excluding hydrogens is 304 g/mol. The van der Waals surface area contributed by atoms with Gasteiger partial charge in [-0.1, -0.05) is 6.07 Å². The summed E-state index contributed by atoms with van der Waals surface area (Å²) in [6, 6.07) is 5.49. The summed E-state index contributed by atoms with van der Waals surface area (Å²) in [5, 5.41) is 1.97. The molecule has 0 aliphatic heterocycles. The number of thiophene rings is 1. The molecule has 4 nitrogen and oxygen atoms in total. The number of hydrogen-bond acceptors (Lipinski definition) is 4. The Kier molecular flexibility index (Phi) is 4.41. The van der Waals surface area contributed by atoms with Gasteiger partial charge in [0.2, 0.25) is 10.0 Å². The van der Waals surface area contributed by atoms with Crippen molar-refractivity contribution in [3.05, 3.63) is 45.1 Å². The van der Waals surface area contributed by atoms with Crippen LogP contribution in [0.4, 0.5) is 5.69 Å². The first-order valence-corrected chi connectivity index (χ1v) is 8.92. The quantitative estimate of drug-likeness (QED) is 0.879. The number of nitrogen functional groups attached to an aromatic ring is 1. The Morgan fingerprint density at radius 3 is 2.38 bits per heavy atom. The number of hydrogen-bond donors (Lipinski definition) is 1. The Morgan fingerprint density at radius 1 is 1.14 bits per heavy atom. The maximum Gasteiger partial charge on any atom is 0.243 e. The van der Waals surface area contributed by atoms with Gasteiger partial charge in [-0.15, -0.1) is 11.3 Å². The Hall–Kier alpha value is -1.37. The number of benzene rings is 1. The van der Waals surface area contributed by atoms with Crippen LogP contribution in [0.1, 0.15) is 21.6 Å². The van der Waals surface area contributed by atoms with Crippen molar-refractivity contribution in [2.75, 3.05) is 12.8 Å². The Balaban J connectivity index is 2.43. The van der Waals surface area contributed by atoms with Gasteiger partial charge < -0.3 is 5.73 Å². The van der Waals surface area contributed by atoms with E-state index in [1.807, 2.05) is 18.4 Å². The predicted octanol–water partition coefficient (Wildman–Crippen LogP) is 3.08. The average Bonchev–Trinajstić information content (AvgIpc) is 2.80. The van der Waals surface area contributed by atoms with E-state index >= 15 is 0 Å². The van der Waals surface area contributed by atoms with E-state index in [0.29, 0.717) is 22.7 Å². The molecule has 0 spiro atoms. The van der Waals surface area contributed by atoms with E-state index in [9.17, 15) is 8.42 Å². The van der Waals surface area contributed by atoms with Crippen LogP contribution in [0, 0.1) is 20.8 Å². The van der Waals surface area contributed by atoms with Gasteiger partial charge in [0, 0.05) is 24.2 Å². The fraction of sp³-hybridized carbons (Fsp3) is 0.333. The van der Waals surface area contributed by atoms with E-state index < -0.39 is 10.0 Å². The van der Waals surface area contributed by atoms with Crippen molar-refractivity contribution in [2.24, 2.45) is 0 Å². The van der Waals surface area contributed by atoms with Crippen molar-refractivity contribution in [1.29, 1.82) is 0 Å². The normalized spacial score (nSPS) is 12.0. The lowest BCUT2D eigenvalue weighted by Crippen LogP contribution is -2.28. The minimum Gasteiger partial charge on any atom is -0.398 e. The second-order valence-electron chi connectivity index (χ2n) is 5.21. The van der Waals surface area contributed by atoms with Gasteiger partial charge in [0.05, 0.1) is 4.90 Å². The Bertz CT molecular complexity index is 764. The summed E-state index contributed by atoms with van der Waals surface area (Å²) in [7, 11) is -1.95. The number of nitrogens with two attached hydrogens (primary N) is 1. The van der Waals surface area contributed by atoms with E-state index in [1.54, 1.807) is 44.4 Å². The summed E-state index contributed by atoms with van der Waals surface area (Å²) >= 11 is 1.57. The number of nitrogens with zero attached hydrogens (tertiary/aromatic N) is 1. The lowest BCUT2D eigenvalue weighted by molar-refractivity contribution is 0.468. The lowest BCUT2D eigenvalue weighted by Gasteiger charge is -2.20. The summed E-state index contributed by atoms with van der Waals surface area (Å²) in [4.78, 5) is 1.37. The molecule has 1 heterocycles. The Morgan fingerprint density at radius 2 is 1.81 bits per heavy atom. The molecule has 0 bridgehead atoms. The molecule has 0 saturated heterocycles. The standard InChI is InChI=1S/C15H20N2O2S2/c1-10-7-8-20-14(10)9-17(4)21(18,19)15-11(2)5-6-13(16)12(15)3/h5-8H,9,16H2,1-4H3. The molecule has 0 atom stereocenters. The second kappa shape index (κ2) is 5.79. The average molecular weight is 324 g/mol. The van der Waals surface area contributed by atoms with Crippen molar-refractivity contribution in [3.63, 3.8) is 0 Å². The van der Waals surface area contributed by atoms with Gasteiger partial charge in [-0.25, -0.2) is 8.42 Å². The van der Waals surface area contributed by atoms with Gasteiger partial charge in [-0.3, -0.25) is 0 Å². The zero-order valence-corrected chi connectivity index (χ0v) is 14.3. The summed E-state index contributed by atoms with van der Waals surface area (Å²) in [5.74, 6) is 0. The van der Waals surface area contributed by atoms with Crippen LogP contribution < -0.4 is 5.73 Å². The first-order valence-electron chi connectivity index (χ1n) is 6.60. The highest BCUT2D eigenvalue weighted by Crippen LogP contribution is 2.28. The summed E-state index contributed by atoms with van der Waals surface area (Å²) in [6.07, 6.45) is 0. The number of aryl methyl sites for hydroxylation is 2. The van der Waals surface area contributed by atoms with Gasteiger partial charge in [0.1, 0.15) is 0 Å². The lowest BCUT2D eigenvalue weighted by atomic mass is 10.1.